The Labute approximate surface area is 168 Å². The fourth-order valence-electron chi connectivity index (χ4n) is 2.76. The van der Waals surface area contributed by atoms with Gasteiger partial charge in [0.2, 0.25) is 10.0 Å². The van der Waals surface area contributed by atoms with Crippen LogP contribution in [0.25, 0.3) is 10.8 Å². The average Bonchev–Trinajstić information content (AvgIpc) is 2.74. The molecular weight excluding hydrogens is 392 g/mol. The summed E-state index contributed by atoms with van der Waals surface area (Å²) in [7, 11) is -2.42. The summed E-state index contributed by atoms with van der Waals surface area (Å²) in [4.78, 5) is 24.8. The van der Waals surface area contributed by atoms with Gasteiger partial charge < -0.3 is 10.1 Å². The number of carbonyl (C=O) groups excluding carboxylic acids is 2. The van der Waals surface area contributed by atoms with Crippen LogP contribution in [0, 0.1) is 0 Å². The van der Waals surface area contributed by atoms with Gasteiger partial charge in [-0.2, -0.15) is 0 Å². The molecule has 0 aliphatic rings. The molecule has 3 aromatic rings. The largest absolute Gasteiger partial charge is 0.449 e. The van der Waals surface area contributed by atoms with Gasteiger partial charge in [0.15, 0.2) is 6.10 Å². The molecule has 0 aliphatic carbocycles. The lowest BCUT2D eigenvalue weighted by molar-refractivity contribution is -0.123. The lowest BCUT2D eigenvalue weighted by atomic mass is 10.1. The summed E-state index contributed by atoms with van der Waals surface area (Å²) < 4.78 is 31.2. The van der Waals surface area contributed by atoms with Gasteiger partial charge >= 0.3 is 5.97 Å². The topological polar surface area (TPSA) is 102 Å². The van der Waals surface area contributed by atoms with E-state index in [0.717, 1.165) is 10.8 Å². The maximum absolute atomic E-state index is 12.5. The smallest absolute Gasteiger partial charge is 0.338 e. The molecule has 0 saturated carbocycles. The number of hydrogen-bond donors (Lipinski definition) is 2. The molecule has 1 atom stereocenters. The summed E-state index contributed by atoms with van der Waals surface area (Å²) in [6.07, 6.45) is -1.08. The van der Waals surface area contributed by atoms with Gasteiger partial charge in [-0.05, 0) is 43.6 Å². The standard InChI is InChI=1S/C21H20N2O5S/c1-14(20(24)23-19-12-6-8-15-7-3-4-11-18(15)19)28-21(25)16-9-5-10-17(13-16)29(26,27)22-2/h3-14,22H,1-2H3,(H,23,24)/t14-/m0/s1. The molecule has 0 aliphatic heterocycles. The Morgan fingerprint density at radius 3 is 2.41 bits per heavy atom. The van der Waals surface area contributed by atoms with Gasteiger partial charge in [-0.25, -0.2) is 17.9 Å². The molecule has 0 spiro atoms. The van der Waals surface area contributed by atoms with Crippen molar-refractivity contribution in [3.8, 4) is 0 Å². The van der Waals surface area contributed by atoms with Crippen molar-refractivity contribution in [2.45, 2.75) is 17.9 Å². The predicted octanol–water partition coefficient (Wildman–Crippen LogP) is 2.93. The number of rotatable bonds is 6. The minimum absolute atomic E-state index is 0.0335. The van der Waals surface area contributed by atoms with E-state index >= 15 is 0 Å². The first-order valence-corrected chi connectivity index (χ1v) is 10.3. The van der Waals surface area contributed by atoms with Gasteiger partial charge in [0, 0.05) is 11.1 Å². The zero-order valence-corrected chi connectivity index (χ0v) is 16.7. The number of fused-ring (bicyclic) bond motifs is 1. The number of amides is 1. The third kappa shape index (κ3) is 4.61. The highest BCUT2D eigenvalue weighted by atomic mass is 32.2. The molecule has 150 valence electrons. The molecule has 3 rings (SSSR count). The normalized spacial score (nSPS) is 12.3. The van der Waals surface area contributed by atoms with Crippen molar-refractivity contribution in [3.05, 3.63) is 72.3 Å². The lowest BCUT2D eigenvalue weighted by Gasteiger charge is -2.15. The average molecular weight is 412 g/mol. The molecule has 0 bridgehead atoms. The zero-order valence-electron chi connectivity index (χ0n) is 15.9. The first-order valence-electron chi connectivity index (χ1n) is 8.85. The Kier molecular flexibility index (Phi) is 5.95. The fourth-order valence-corrected chi connectivity index (χ4v) is 3.53. The lowest BCUT2D eigenvalue weighted by Crippen LogP contribution is -2.30. The van der Waals surface area contributed by atoms with Gasteiger partial charge in [0.1, 0.15) is 0 Å². The van der Waals surface area contributed by atoms with Crippen molar-refractivity contribution in [2.75, 3.05) is 12.4 Å². The summed E-state index contributed by atoms with van der Waals surface area (Å²) in [5, 5.41) is 4.60. The molecule has 0 aromatic heterocycles. The Balaban J connectivity index is 1.73. The summed E-state index contributed by atoms with van der Waals surface area (Å²) in [5.41, 5.74) is 0.643. The molecule has 0 saturated heterocycles. The van der Waals surface area contributed by atoms with E-state index in [4.69, 9.17) is 4.74 Å². The van der Waals surface area contributed by atoms with Crippen molar-refractivity contribution in [1.29, 1.82) is 0 Å². The number of sulfonamides is 1. The second-order valence-electron chi connectivity index (χ2n) is 6.30. The van der Waals surface area contributed by atoms with Crippen molar-refractivity contribution in [1.82, 2.24) is 4.72 Å². The maximum Gasteiger partial charge on any atom is 0.338 e. The van der Waals surface area contributed by atoms with E-state index in [2.05, 4.69) is 10.0 Å². The molecular formula is C21H20N2O5S. The van der Waals surface area contributed by atoms with E-state index in [1.807, 2.05) is 36.4 Å². The highest BCUT2D eigenvalue weighted by Crippen LogP contribution is 2.23. The number of carbonyl (C=O) groups is 2. The van der Waals surface area contributed by atoms with Crippen LogP contribution in [0.3, 0.4) is 0 Å². The number of esters is 1. The van der Waals surface area contributed by atoms with E-state index < -0.39 is 28.0 Å². The van der Waals surface area contributed by atoms with Crippen LogP contribution in [0.5, 0.6) is 0 Å². The SMILES string of the molecule is CNS(=O)(=O)c1cccc(C(=O)O[C@@H](C)C(=O)Nc2cccc3ccccc23)c1. The van der Waals surface area contributed by atoms with Crippen LogP contribution in [0.2, 0.25) is 0 Å². The second kappa shape index (κ2) is 8.42. The molecule has 2 N–H and O–H groups in total. The summed E-state index contributed by atoms with van der Waals surface area (Å²) >= 11 is 0. The summed E-state index contributed by atoms with van der Waals surface area (Å²) in [6.45, 7) is 1.45. The monoisotopic (exact) mass is 412 g/mol. The van der Waals surface area contributed by atoms with Crippen LogP contribution in [-0.2, 0) is 19.6 Å². The van der Waals surface area contributed by atoms with Crippen molar-refractivity contribution in [2.24, 2.45) is 0 Å². The summed E-state index contributed by atoms with van der Waals surface area (Å²) in [5.74, 6) is -1.28. The van der Waals surface area contributed by atoms with Crippen LogP contribution in [0.1, 0.15) is 17.3 Å². The molecule has 3 aromatic carbocycles. The zero-order chi connectivity index (χ0) is 21.0. The van der Waals surface area contributed by atoms with Crippen molar-refractivity contribution in [3.63, 3.8) is 0 Å². The van der Waals surface area contributed by atoms with Crippen molar-refractivity contribution >= 4 is 38.4 Å². The summed E-state index contributed by atoms with van der Waals surface area (Å²) in [6, 6.07) is 18.5. The fraction of sp³-hybridized carbons (Fsp3) is 0.143. The molecule has 0 fully saturated rings. The van der Waals surface area contributed by atoms with Crippen molar-refractivity contribution < 1.29 is 22.7 Å². The van der Waals surface area contributed by atoms with E-state index in [9.17, 15) is 18.0 Å². The predicted molar refractivity (Wildman–Crippen MR) is 110 cm³/mol. The quantitative estimate of drug-likeness (QED) is 0.606. The van der Waals surface area contributed by atoms with Gasteiger partial charge in [-0.15, -0.1) is 0 Å². The Morgan fingerprint density at radius 2 is 1.66 bits per heavy atom. The minimum Gasteiger partial charge on any atom is -0.449 e. The van der Waals surface area contributed by atoms with Gasteiger partial charge in [-0.1, -0.05) is 42.5 Å². The number of hydrogen-bond acceptors (Lipinski definition) is 5. The van der Waals surface area contributed by atoms with Gasteiger partial charge in [0.25, 0.3) is 5.91 Å². The van der Waals surface area contributed by atoms with Crippen LogP contribution in [0.4, 0.5) is 5.69 Å². The Hall–Kier alpha value is -3.23. The van der Waals surface area contributed by atoms with Crippen LogP contribution in [-0.4, -0.2) is 33.4 Å². The van der Waals surface area contributed by atoms with Crippen LogP contribution < -0.4 is 10.0 Å². The van der Waals surface area contributed by atoms with Crippen LogP contribution >= 0.6 is 0 Å². The first kappa shape index (κ1) is 20.5. The van der Waals surface area contributed by atoms with E-state index in [-0.39, 0.29) is 10.5 Å². The number of anilines is 1. The number of benzene rings is 3. The number of ether oxygens (including phenoxy) is 1. The highest BCUT2D eigenvalue weighted by molar-refractivity contribution is 7.89. The Morgan fingerprint density at radius 1 is 0.966 bits per heavy atom. The molecule has 0 unspecified atom stereocenters. The van der Waals surface area contributed by atoms with Crippen LogP contribution in [0.15, 0.2) is 71.6 Å². The number of nitrogens with one attached hydrogen (secondary N) is 2. The van der Waals surface area contributed by atoms with Gasteiger partial charge in [0.05, 0.1) is 10.5 Å². The Bertz CT molecular complexity index is 1170. The second-order valence-corrected chi connectivity index (χ2v) is 8.19. The van der Waals surface area contributed by atoms with E-state index in [1.54, 1.807) is 6.07 Å². The molecule has 0 heterocycles. The highest BCUT2D eigenvalue weighted by Gasteiger charge is 2.21. The van der Waals surface area contributed by atoms with E-state index in [0.29, 0.717) is 5.69 Å². The first-order chi connectivity index (χ1) is 13.8. The molecule has 29 heavy (non-hydrogen) atoms. The third-order valence-electron chi connectivity index (χ3n) is 4.35. The maximum atomic E-state index is 12.5. The minimum atomic E-state index is -3.70. The molecule has 1 amide bonds. The third-order valence-corrected chi connectivity index (χ3v) is 5.76. The van der Waals surface area contributed by atoms with E-state index in [1.165, 1.54) is 38.2 Å². The molecule has 8 heteroatoms. The molecule has 0 radical (unpaired) electrons. The molecule has 7 nitrogen and oxygen atoms in total. The van der Waals surface area contributed by atoms with Gasteiger partial charge in [-0.3, -0.25) is 4.79 Å².